The summed E-state index contributed by atoms with van der Waals surface area (Å²) in [6, 6.07) is 15.4. The molecule has 110 valence electrons. The van der Waals surface area contributed by atoms with E-state index in [0.29, 0.717) is 12.0 Å². The Hall–Kier alpha value is -2.13. The average molecular weight is 283 g/mol. The normalized spacial score (nSPS) is 12.0. The SMILES string of the molecule is Cc1cccc(C)c1C(=O)NC(CO)Cc1ccccc1. The lowest BCUT2D eigenvalue weighted by molar-refractivity contribution is 0.0915. The maximum absolute atomic E-state index is 12.4. The lowest BCUT2D eigenvalue weighted by atomic mass is 10.0. The first-order chi connectivity index (χ1) is 10.1. The number of hydrogen-bond acceptors (Lipinski definition) is 2. The van der Waals surface area contributed by atoms with E-state index in [9.17, 15) is 9.90 Å². The third kappa shape index (κ3) is 3.92. The van der Waals surface area contributed by atoms with Gasteiger partial charge in [-0.15, -0.1) is 0 Å². The third-order valence-electron chi connectivity index (χ3n) is 3.59. The van der Waals surface area contributed by atoms with Crippen LogP contribution in [0.1, 0.15) is 27.0 Å². The lowest BCUT2D eigenvalue weighted by Gasteiger charge is -2.18. The number of carbonyl (C=O) groups excluding carboxylic acids is 1. The van der Waals surface area contributed by atoms with Crippen molar-refractivity contribution in [2.24, 2.45) is 0 Å². The molecule has 2 aromatic rings. The fourth-order valence-corrected chi connectivity index (χ4v) is 2.49. The van der Waals surface area contributed by atoms with E-state index in [4.69, 9.17) is 0 Å². The van der Waals surface area contributed by atoms with E-state index >= 15 is 0 Å². The summed E-state index contributed by atoms with van der Waals surface area (Å²) in [7, 11) is 0. The summed E-state index contributed by atoms with van der Waals surface area (Å²) in [5, 5.41) is 12.4. The van der Waals surface area contributed by atoms with Gasteiger partial charge in [0, 0.05) is 5.56 Å². The van der Waals surface area contributed by atoms with E-state index in [1.807, 2.05) is 62.4 Å². The molecular formula is C18H21NO2. The molecule has 2 rings (SSSR count). The number of benzene rings is 2. The topological polar surface area (TPSA) is 49.3 Å². The standard InChI is InChI=1S/C18H21NO2/c1-13-7-6-8-14(2)17(13)18(21)19-16(12-20)11-15-9-4-3-5-10-15/h3-10,16,20H,11-12H2,1-2H3,(H,19,21). The van der Waals surface area contributed by atoms with E-state index < -0.39 is 0 Å². The summed E-state index contributed by atoms with van der Waals surface area (Å²) in [4.78, 5) is 12.4. The van der Waals surface area contributed by atoms with Gasteiger partial charge in [-0.05, 0) is 37.0 Å². The largest absolute Gasteiger partial charge is 0.394 e. The first-order valence-electron chi connectivity index (χ1n) is 7.13. The average Bonchev–Trinajstić information content (AvgIpc) is 2.47. The Morgan fingerprint density at radius 3 is 2.24 bits per heavy atom. The molecule has 0 aliphatic rings. The van der Waals surface area contributed by atoms with Crippen molar-refractivity contribution in [1.29, 1.82) is 0 Å². The van der Waals surface area contributed by atoms with Gasteiger partial charge in [0.25, 0.3) is 5.91 Å². The molecule has 0 aliphatic heterocycles. The van der Waals surface area contributed by atoms with Gasteiger partial charge < -0.3 is 10.4 Å². The summed E-state index contributed by atoms with van der Waals surface area (Å²) in [5.41, 5.74) is 3.69. The number of amides is 1. The van der Waals surface area contributed by atoms with Gasteiger partial charge in [-0.3, -0.25) is 4.79 Å². The van der Waals surface area contributed by atoms with Crippen molar-refractivity contribution in [3.05, 3.63) is 70.8 Å². The highest BCUT2D eigenvalue weighted by molar-refractivity contribution is 5.97. The molecule has 0 spiro atoms. The Bertz CT molecular complexity index is 588. The maximum atomic E-state index is 12.4. The van der Waals surface area contributed by atoms with E-state index in [1.165, 1.54) is 0 Å². The van der Waals surface area contributed by atoms with Gasteiger partial charge in [0.1, 0.15) is 0 Å². The van der Waals surface area contributed by atoms with Crippen LogP contribution in [-0.4, -0.2) is 23.7 Å². The fraction of sp³-hybridized carbons (Fsp3) is 0.278. The molecule has 2 N–H and O–H groups in total. The van der Waals surface area contributed by atoms with Crippen LogP contribution in [0.5, 0.6) is 0 Å². The zero-order valence-corrected chi connectivity index (χ0v) is 12.5. The minimum absolute atomic E-state index is 0.0778. The molecule has 0 saturated carbocycles. The van der Waals surface area contributed by atoms with Crippen LogP contribution in [0.15, 0.2) is 48.5 Å². The van der Waals surface area contributed by atoms with E-state index in [-0.39, 0.29) is 18.6 Å². The number of carbonyl (C=O) groups is 1. The molecule has 1 amide bonds. The molecule has 3 nitrogen and oxygen atoms in total. The molecule has 0 aliphatic carbocycles. The molecule has 1 atom stereocenters. The van der Waals surface area contributed by atoms with Gasteiger partial charge in [-0.2, -0.15) is 0 Å². The van der Waals surface area contributed by atoms with Crippen molar-refractivity contribution in [3.8, 4) is 0 Å². The Morgan fingerprint density at radius 1 is 1.05 bits per heavy atom. The second kappa shape index (κ2) is 7.04. The molecule has 3 heteroatoms. The summed E-state index contributed by atoms with van der Waals surface area (Å²) < 4.78 is 0. The zero-order chi connectivity index (χ0) is 15.2. The Kier molecular flexibility index (Phi) is 5.12. The van der Waals surface area contributed by atoms with Crippen molar-refractivity contribution in [1.82, 2.24) is 5.32 Å². The molecule has 0 heterocycles. The smallest absolute Gasteiger partial charge is 0.252 e. The van der Waals surface area contributed by atoms with Crippen LogP contribution in [0.2, 0.25) is 0 Å². The second-order valence-corrected chi connectivity index (χ2v) is 5.31. The first-order valence-corrected chi connectivity index (χ1v) is 7.13. The highest BCUT2D eigenvalue weighted by Gasteiger charge is 2.16. The predicted molar refractivity (Wildman–Crippen MR) is 84.4 cm³/mol. The number of aliphatic hydroxyl groups excluding tert-OH is 1. The van der Waals surface area contributed by atoms with Gasteiger partial charge in [0.05, 0.1) is 12.6 Å². The highest BCUT2D eigenvalue weighted by atomic mass is 16.3. The van der Waals surface area contributed by atoms with E-state index in [2.05, 4.69) is 5.32 Å². The van der Waals surface area contributed by atoms with Gasteiger partial charge in [-0.25, -0.2) is 0 Å². The van der Waals surface area contributed by atoms with Crippen LogP contribution in [0.3, 0.4) is 0 Å². The van der Waals surface area contributed by atoms with E-state index in [1.54, 1.807) is 0 Å². The van der Waals surface area contributed by atoms with Gasteiger partial charge in [0.15, 0.2) is 0 Å². The summed E-state index contributed by atoms with van der Waals surface area (Å²) >= 11 is 0. The zero-order valence-electron chi connectivity index (χ0n) is 12.5. The monoisotopic (exact) mass is 283 g/mol. The summed E-state index contributed by atoms with van der Waals surface area (Å²) in [5.74, 6) is -0.124. The molecule has 0 fully saturated rings. The summed E-state index contributed by atoms with van der Waals surface area (Å²) in [6.45, 7) is 3.77. The highest BCUT2D eigenvalue weighted by Crippen LogP contribution is 2.13. The predicted octanol–water partition coefficient (Wildman–Crippen LogP) is 2.64. The van der Waals surface area contributed by atoms with Crippen molar-refractivity contribution in [2.45, 2.75) is 26.3 Å². The number of rotatable bonds is 5. The van der Waals surface area contributed by atoms with Crippen LogP contribution in [0, 0.1) is 13.8 Å². The molecule has 0 aromatic heterocycles. The quantitative estimate of drug-likeness (QED) is 0.886. The molecule has 0 radical (unpaired) electrons. The number of aliphatic hydroxyl groups is 1. The number of hydrogen-bond donors (Lipinski definition) is 2. The van der Waals surface area contributed by atoms with Gasteiger partial charge in [-0.1, -0.05) is 48.5 Å². The molecular weight excluding hydrogens is 262 g/mol. The van der Waals surface area contributed by atoms with Crippen molar-refractivity contribution < 1.29 is 9.90 Å². The van der Waals surface area contributed by atoms with Crippen LogP contribution >= 0.6 is 0 Å². The molecule has 2 aromatic carbocycles. The van der Waals surface area contributed by atoms with Crippen LogP contribution in [0.25, 0.3) is 0 Å². The van der Waals surface area contributed by atoms with Gasteiger partial charge in [0.2, 0.25) is 0 Å². The van der Waals surface area contributed by atoms with E-state index in [0.717, 1.165) is 16.7 Å². The third-order valence-corrected chi connectivity index (χ3v) is 3.59. The number of aryl methyl sites for hydroxylation is 2. The Morgan fingerprint density at radius 2 is 1.67 bits per heavy atom. The lowest BCUT2D eigenvalue weighted by Crippen LogP contribution is -2.39. The van der Waals surface area contributed by atoms with Crippen molar-refractivity contribution in [2.75, 3.05) is 6.61 Å². The van der Waals surface area contributed by atoms with Crippen LogP contribution in [-0.2, 0) is 6.42 Å². The second-order valence-electron chi connectivity index (χ2n) is 5.31. The van der Waals surface area contributed by atoms with Crippen molar-refractivity contribution >= 4 is 5.91 Å². The number of nitrogens with one attached hydrogen (secondary N) is 1. The minimum Gasteiger partial charge on any atom is -0.394 e. The molecule has 0 bridgehead atoms. The Balaban J connectivity index is 2.10. The molecule has 0 saturated heterocycles. The van der Waals surface area contributed by atoms with Gasteiger partial charge >= 0.3 is 0 Å². The molecule has 21 heavy (non-hydrogen) atoms. The first kappa shape index (κ1) is 15.3. The van der Waals surface area contributed by atoms with Crippen molar-refractivity contribution in [3.63, 3.8) is 0 Å². The minimum atomic E-state index is -0.279. The summed E-state index contributed by atoms with van der Waals surface area (Å²) in [6.07, 6.45) is 0.619. The Labute approximate surface area is 125 Å². The fourth-order valence-electron chi connectivity index (χ4n) is 2.49. The van der Waals surface area contributed by atoms with Crippen LogP contribution in [0.4, 0.5) is 0 Å². The maximum Gasteiger partial charge on any atom is 0.252 e. The van der Waals surface area contributed by atoms with Crippen LogP contribution < -0.4 is 5.32 Å². The molecule has 1 unspecified atom stereocenters.